The standard InChI is InChI=1S/C14H16N2O3/c17-13-11-2-1-10(7-12(11)14(18)16-13)15-8-9-3-5-19-6-4-9/h1-2,7,9,15H,3-6,8H2,(H,16,17,18). The molecule has 1 fully saturated rings. The molecule has 0 radical (unpaired) electrons. The SMILES string of the molecule is O=C1NC(=O)c2cc(NCC3CCOCC3)ccc21. The number of nitrogens with one attached hydrogen (secondary N) is 2. The van der Waals surface area contributed by atoms with E-state index in [1.165, 1.54) is 0 Å². The van der Waals surface area contributed by atoms with Crippen LogP contribution in [0.2, 0.25) is 0 Å². The van der Waals surface area contributed by atoms with Gasteiger partial charge < -0.3 is 10.1 Å². The molecule has 0 atom stereocenters. The molecule has 5 heteroatoms. The molecule has 0 spiro atoms. The van der Waals surface area contributed by atoms with Crippen molar-refractivity contribution < 1.29 is 14.3 Å². The highest BCUT2D eigenvalue weighted by atomic mass is 16.5. The number of carbonyl (C=O) groups excluding carboxylic acids is 2. The third kappa shape index (κ3) is 2.46. The van der Waals surface area contributed by atoms with Gasteiger partial charge in [0.1, 0.15) is 0 Å². The summed E-state index contributed by atoms with van der Waals surface area (Å²) in [5.74, 6) is -0.0110. The third-order valence-corrected chi connectivity index (χ3v) is 3.67. The van der Waals surface area contributed by atoms with Gasteiger partial charge in [-0.1, -0.05) is 0 Å². The van der Waals surface area contributed by atoms with Crippen LogP contribution < -0.4 is 10.6 Å². The second kappa shape index (κ2) is 5.01. The summed E-state index contributed by atoms with van der Waals surface area (Å²) in [6, 6.07) is 5.28. The summed E-state index contributed by atoms with van der Waals surface area (Å²) in [4.78, 5) is 23.0. The lowest BCUT2D eigenvalue weighted by atomic mass is 10.00. The van der Waals surface area contributed by atoms with Crippen LogP contribution >= 0.6 is 0 Å². The molecule has 0 unspecified atom stereocenters. The molecule has 3 rings (SSSR count). The summed E-state index contributed by atoms with van der Waals surface area (Å²) < 4.78 is 5.32. The average molecular weight is 260 g/mol. The Balaban J connectivity index is 1.67. The van der Waals surface area contributed by atoms with Crippen molar-refractivity contribution in [3.05, 3.63) is 29.3 Å². The molecule has 1 aromatic carbocycles. The molecule has 1 aromatic rings. The zero-order chi connectivity index (χ0) is 13.2. The second-order valence-electron chi connectivity index (χ2n) is 4.98. The maximum Gasteiger partial charge on any atom is 0.259 e. The first-order valence-corrected chi connectivity index (χ1v) is 6.55. The van der Waals surface area contributed by atoms with Crippen LogP contribution in [0.25, 0.3) is 0 Å². The van der Waals surface area contributed by atoms with Crippen LogP contribution in [-0.4, -0.2) is 31.6 Å². The van der Waals surface area contributed by atoms with Gasteiger partial charge >= 0.3 is 0 Å². The Morgan fingerprint density at radius 2 is 1.89 bits per heavy atom. The third-order valence-electron chi connectivity index (χ3n) is 3.67. The fraction of sp³-hybridized carbons (Fsp3) is 0.429. The summed E-state index contributed by atoms with van der Waals surface area (Å²) >= 11 is 0. The monoisotopic (exact) mass is 260 g/mol. The van der Waals surface area contributed by atoms with Gasteiger partial charge in [0.05, 0.1) is 11.1 Å². The summed E-state index contributed by atoms with van der Waals surface area (Å²) in [7, 11) is 0. The van der Waals surface area contributed by atoms with E-state index in [4.69, 9.17) is 4.74 Å². The van der Waals surface area contributed by atoms with Gasteiger partial charge in [-0.15, -0.1) is 0 Å². The molecule has 0 saturated carbocycles. The highest BCUT2D eigenvalue weighted by molar-refractivity contribution is 6.21. The smallest absolute Gasteiger partial charge is 0.259 e. The maximum absolute atomic E-state index is 11.6. The lowest BCUT2D eigenvalue weighted by molar-refractivity contribution is 0.0699. The predicted molar refractivity (Wildman–Crippen MR) is 70.3 cm³/mol. The molecule has 2 N–H and O–H groups in total. The summed E-state index contributed by atoms with van der Waals surface area (Å²) in [5, 5.41) is 5.63. The van der Waals surface area contributed by atoms with E-state index in [0.29, 0.717) is 17.0 Å². The summed E-state index contributed by atoms with van der Waals surface area (Å²) in [6.45, 7) is 2.53. The van der Waals surface area contributed by atoms with Crippen molar-refractivity contribution in [1.82, 2.24) is 5.32 Å². The van der Waals surface area contributed by atoms with Gasteiger partial charge in [-0.3, -0.25) is 14.9 Å². The van der Waals surface area contributed by atoms with Crippen molar-refractivity contribution >= 4 is 17.5 Å². The van der Waals surface area contributed by atoms with Crippen LogP contribution in [0.5, 0.6) is 0 Å². The van der Waals surface area contributed by atoms with Crippen LogP contribution in [-0.2, 0) is 4.74 Å². The minimum Gasteiger partial charge on any atom is -0.385 e. The van der Waals surface area contributed by atoms with Gasteiger partial charge in [0.25, 0.3) is 11.8 Å². The summed E-state index contributed by atoms with van der Waals surface area (Å²) in [6.07, 6.45) is 2.13. The number of amides is 2. The van der Waals surface area contributed by atoms with E-state index in [2.05, 4.69) is 10.6 Å². The lowest BCUT2D eigenvalue weighted by Gasteiger charge is -2.22. The molecule has 2 heterocycles. The number of fused-ring (bicyclic) bond motifs is 1. The fourth-order valence-corrected chi connectivity index (χ4v) is 2.49. The number of benzene rings is 1. The molecule has 0 bridgehead atoms. The predicted octanol–water partition coefficient (Wildman–Crippen LogP) is 1.41. The highest BCUT2D eigenvalue weighted by Gasteiger charge is 2.26. The molecule has 5 nitrogen and oxygen atoms in total. The van der Waals surface area contributed by atoms with E-state index >= 15 is 0 Å². The Labute approximate surface area is 111 Å². The first-order valence-electron chi connectivity index (χ1n) is 6.55. The second-order valence-corrected chi connectivity index (χ2v) is 4.98. The number of rotatable bonds is 3. The van der Waals surface area contributed by atoms with Crippen molar-refractivity contribution in [1.29, 1.82) is 0 Å². The minimum atomic E-state index is -0.310. The van der Waals surface area contributed by atoms with E-state index < -0.39 is 0 Å². The van der Waals surface area contributed by atoms with E-state index in [9.17, 15) is 9.59 Å². The van der Waals surface area contributed by atoms with Gasteiger partial charge in [-0.05, 0) is 37.0 Å². The van der Waals surface area contributed by atoms with Gasteiger partial charge in [0.15, 0.2) is 0 Å². The van der Waals surface area contributed by atoms with Crippen LogP contribution in [0.1, 0.15) is 33.6 Å². The zero-order valence-electron chi connectivity index (χ0n) is 10.6. The van der Waals surface area contributed by atoms with E-state index in [0.717, 1.165) is 38.3 Å². The number of hydrogen-bond donors (Lipinski definition) is 2. The molecule has 2 aliphatic heterocycles. The number of ether oxygens (including phenoxy) is 1. The molecule has 0 aromatic heterocycles. The number of carbonyl (C=O) groups is 2. The van der Waals surface area contributed by atoms with Crippen molar-refractivity contribution in [3.8, 4) is 0 Å². The zero-order valence-corrected chi connectivity index (χ0v) is 10.6. The number of hydrogen-bond acceptors (Lipinski definition) is 4. The first-order chi connectivity index (χ1) is 9.24. The highest BCUT2D eigenvalue weighted by Crippen LogP contribution is 2.21. The van der Waals surface area contributed by atoms with Crippen molar-refractivity contribution in [2.75, 3.05) is 25.1 Å². The number of imide groups is 1. The van der Waals surface area contributed by atoms with Crippen LogP contribution in [0.4, 0.5) is 5.69 Å². The van der Waals surface area contributed by atoms with E-state index in [-0.39, 0.29) is 11.8 Å². The van der Waals surface area contributed by atoms with Gasteiger partial charge in [-0.25, -0.2) is 0 Å². The Kier molecular flexibility index (Phi) is 3.21. The largest absolute Gasteiger partial charge is 0.385 e. The average Bonchev–Trinajstić information content (AvgIpc) is 2.73. The lowest BCUT2D eigenvalue weighted by Crippen LogP contribution is -2.22. The molecular weight excluding hydrogens is 244 g/mol. The van der Waals surface area contributed by atoms with Crippen molar-refractivity contribution in [2.45, 2.75) is 12.8 Å². The van der Waals surface area contributed by atoms with Gasteiger partial charge in [0, 0.05) is 25.4 Å². The van der Waals surface area contributed by atoms with Crippen LogP contribution in [0, 0.1) is 5.92 Å². The Bertz CT molecular complexity index is 521. The minimum absolute atomic E-state index is 0.309. The Hall–Kier alpha value is -1.88. The molecule has 0 aliphatic carbocycles. The van der Waals surface area contributed by atoms with Gasteiger partial charge in [-0.2, -0.15) is 0 Å². The Morgan fingerprint density at radius 3 is 2.68 bits per heavy atom. The van der Waals surface area contributed by atoms with E-state index in [1.807, 2.05) is 6.07 Å². The topological polar surface area (TPSA) is 67.4 Å². The normalized spacial score (nSPS) is 19.2. The molecule has 19 heavy (non-hydrogen) atoms. The van der Waals surface area contributed by atoms with E-state index in [1.54, 1.807) is 12.1 Å². The quantitative estimate of drug-likeness (QED) is 0.806. The molecule has 2 aliphatic rings. The summed E-state index contributed by atoms with van der Waals surface area (Å²) in [5.41, 5.74) is 1.80. The molecule has 1 saturated heterocycles. The first kappa shape index (κ1) is 12.2. The Morgan fingerprint density at radius 1 is 1.16 bits per heavy atom. The van der Waals surface area contributed by atoms with Crippen LogP contribution in [0.15, 0.2) is 18.2 Å². The van der Waals surface area contributed by atoms with Crippen molar-refractivity contribution in [2.24, 2.45) is 5.92 Å². The fourth-order valence-electron chi connectivity index (χ4n) is 2.49. The maximum atomic E-state index is 11.6. The van der Waals surface area contributed by atoms with Gasteiger partial charge in [0.2, 0.25) is 0 Å². The van der Waals surface area contributed by atoms with Crippen molar-refractivity contribution in [3.63, 3.8) is 0 Å². The van der Waals surface area contributed by atoms with Crippen LogP contribution in [0.3, 0.4) is 0 Å². The molecule has 2 amide bonds. The molecule has 100 valence electrons. The molecular formula is C14H16N2O3. The number of anilines is 1.